The van der Waals surface area contributed by atoms with E-state index in [2.05, 4.69) is 17.2 Å². The molecule has 0 aromatic heterocycles. The number of halogens is 1. The van der Waals surface area contributed by atoms with Gasteiger partial charge in [-0.1, -0.05) is 18.7 Å². The largest absolute Gasteiger partial charge is 0.458 e. The first-order chi connectivity index (χ1) is 15.3. The molecule has 0 spiro atoms. The first kappa shape index (κ1) is 28.0. The number of benzene rings is 1. The van der Waals surface area contributed by atoms with Crippen molar-refractivity contribution in [3.63, 3.8) is 0 Å². The summed E-state index contributed by atoms with van der Waals surface area (Å²) < 4.78 is 18.7. The lowest BCUT2D eigenvalue weighted by Gasteiger charge is -2.26. The molecule has 0 aliphatic heterocycles. The van der Waals surface area contributed by atoms with E-state index in [-0.39, 0.29) is 31.6 Å². The lowest BCUT2D eigenvalue weighted by molar-refractivity contribution is -0.159. The summed E-state index contributed by atoms with van der Waals surface area (Å²) in [6, 6.07) is 3.43. The van der Waals surface area contributed by atoms with Crippen molar-refractivity contribution < 1.29 is 28.3 Å². The summed E-state index contributed by atoms with van der Waals surface area (Å²) in [7, 11) is 3.42. The lowest BCUT2D eigenvalue weighted by atomic mass is 10.0. The maximum atomic E-state index is 13.3. The molecule has 182 valence electrons. The normalized spacial score (nSPS) is 13.1. The zero-order chi connectivity index (χ0) is 25.2. The van der Waals surface area contributed by atoms with E-state index in [1.54, 1.807) is 39.8 Å². The van der Waals surface area contributed by atoms with Gasteiger partial charge in [0.05, 0.1) is 6.54 Å². The van der Waals surface area contributed by atoms with E-state index < -0.39 is 41.3 Å². The first-order valence-electron chi connectivity index (χ1n) is 10.7. The Morgan fingerprint density at radius 1 is 1.09 bits per heavy atom. The van der Waals surface area contributed by atoms with Gasteiger partial charge in [-0.15, -0.1) is 0 Å². The number of likely N-dealkylation sites (N-methyl/N-ethyl adjacent to an activating group) is 1. The van der Waals surface area contributed by atoms with Crippen LogP contribution < -0.4 is 10.6 Å². The van der Waals surface area contributed by atoms with Crippen LogP contribution in [0.1, 0.15) is 39.2 Å². The summed E-state index contributed by atoms with van der Waals surface area (Å²) >= 11 is 0. The molecule has 0 saturated heterocycles. The fraction of sp³-hybridized carbons (Fsp3) is 0.500. The Hall–Kier alpha value is -3.07. The molecule has 0 bridgehead atoms. The molecule has 9 heteroatoms. The van der Waals surface area contributed by atoms with Crippen molar-refractivity contribution >= 4 is 23.6 Å². The highest BCUT2D eigenvalue weighted by Crippen LogP contribution is 2.12. The maximum absolute atomic E-state index is 13.3. The van der Waals surface area contributed by atoms with E-state index >= 15 is 0 Å². The number of hydrogen-bond donors (Lipinski definition) is 2. The number of amides is 2. The topological polar surface area (TPSA) is 105 Å². The molecule has 2 atom stereocenters. The minimum atomic E-state index is -1.10. The number of rotatable bonds is 12. The Labute approximate surface area is 194 Å². The van der Waals surface area contributed by atoms with Crippen LogP contribution >= 0.6 is 0 Å². The zero-order valence-electron chi connectivity index (χ0n) is 19.9. The summed E-state index contributed by atoms with van der Waals surface area (Å²) in [5.41, 5.74) is -0.173. The van der Waals surface area contributed by atoms with Crippen LogP contribution in [0.2, 0.25) is 0 Å². The van der Waals surface area contributed by atoms with E-state index in [1.165, 1.54) is 24.3 Å². The second kappa shape index (κ2) is 12.8. The molecule has 0 fully saturated rings. The van der Waals surface area contributed by atoms with Gasteiger partial charge in [0.1, 0.15) is 23.5 Å². The molecule has 2 N–H and O–H groups in total. The average Bonchev–Trinajstić information content (AvgIpc) is 2.69. The summed E-state index contributed by atoms with van der Waals surface area (Å²) in [5.74, 6) is -2.40. The van der Waals surface area contributed by atoms with Gasteiger partial charge in [-0.2, -0.15) is 0 Å². The van der Waals surface area contributed by atoms with Crippen molar-refractivity contribution in [2.24, 2.45) is 0 Å². The third kappa shape index (κ3) is 11.4. The van der Waals surface area contributed by atoms with Crippen LogP contribution in [0.3, 0.4) is 0 Å². The molecule has 1 aromatic rings. The minimum absolute atomic E-state index is 0.0106. The highest BCUT2D eigenvalue weighted by molar-refractivity contribution is 5.92. The smallest absolute Gasteiger partial charge is 0.329 e. The Balaban J connectivity index is 3.07. The molecule has 0 aliphatic carbocycles. The number of allylic oxidation sites excluding steroid dienone is 1. The summed E-state index contributed by atoms with van der Waals surface area (Å²) in [5, 5.41) is 5.27. The van der Waals surface area contributed by atoms with Gasteiger partial charge in [0.2, 0.25) is 11.8 Å². The zero-order valence-corrected chi connectivity index (χ0v) is 19.9. The molecule has 8 nitrogen and oxygen atoms in total. The fourth-order valence-corrected chi connectivity index (χ4v) is 2.88. The average molecular weight is 464 g/mol. The van der Waals surface area contributed by atoms with Gasteiger partial charge < -0.3 is 20.3 Å². The molecule has 2 amide bonds. The van der Waals surface area contributed by atoms with Gasteiger partial charge in [-0.25, -0.2) is 9.18 Å². The van der Waals surface area contributed by atoms with Crippen LogP contribution in [0.4, 0.5) is 4.39 Å². The maximum Gasteiger partial charge on any atom is 0.329 e. The van der Waals surface area contributed by atoms with Gasteiger partial charge in [0.25, 0.3) is 0 Å². The fourth-order valence-electron chi connectivity index (χ4n) is 2.88. The number of nitrogens with one attached hydrogen (secondary N) is 2. The second-order valence-corrected chi connectivity index (χ2v) is 8.99. The number of carbonyl (C=O) groups is 4. The summed E-state index contributed by atoms with van der Waals surface area (Å²) in [6.45, 7) is 8.54. The summed E-state index contributed by atoms with van der Waals surface area (Å²) in [4.78, 5) is 51.4. The van der Waals surface area contributed by atoms with Gasteiger partial charge >= 0.3 is 5.97 Å². The number of ether oxygens (including phenoxy) is 1. The predicted octanol–water partition coefficient (Wildman–Crippen LogP) is 1.78. The molecular formula is C24H34FN3O5. The lowest BCUT2D eigenvalue weighted by Crippen LogP contribution is -2.54. The number of ketones is 1. The summed E-state index contributed by atoms with van der Waals surface area (Å²) in [6.07, 6.45) is 1.23. The molecule has 0 saturated carbocycles. The molecule has 1 aromatic carbocycles. The van der Waals surface area contributed by atoms with E-state index in [4.69, 9.17) is 4.74 Å². The number of esters is 1. The van der Waals surface area contributed by atoms with Crippen LogP contribution in [-0.2, 0) is 30.3 Å². The number of carbonyl (C=O) groups excluding carboxylic acids is 4. The van der Waals surface area contributed by atoms with Gasteiger partial charge in [-0.3, -0.25) is 14.4 Å². The van der Waals surface area contributed by atoms with Crippen LogP contribution in [0.15, 0.2) is 36.9 Å². The third-order valence-corrected chi connectivity index (χ3v) is 4.38. The Morgan fingerprint density at radius 3 is 2.21 bits per heavy atom. The Bertz CT molecular complexity index is 847. The minimum Gasteiger partial charge on any atom is -0.458 e. The van der Waals surface area contributed by atoms with Crippen LogP contribution in [0.25, 0.3) is 0 Å². The SMILES string of the molecule is C=CC(=O)CC[C@H](NC(=O)[C@H](Cc1ccc(F)cc1)NC(=O)CN(C)C)C(=O)OC(C)(C)C. The van der Waals surface area contributed by atoms with Crippen molar-refractivity contribution in [3.8, 4) is 0 Å². The quantitative estimate of drug-likeness (QED) is 0.362. The molecular weight excluding hydrogens is 429 g/mol. The van der Waals surface area contributed by atoms with Crippen molar-refractivity contribution in [1.29, 1.82) is 0 Å². The molecule has 1 rings (SSSR count). The highest BCUT2D eigenvalue weighted by atomic mass is 19.1. The van der Waals surface area contributed by atoms with Crippen molar-refractivity contribution in [3.05, 3.63) is 48.3 Å². The Kier molecular flexibility index (Phi) is 10.9. The molecule has 0 radical (unpaired) electrons. The molecule has 33 heavy (non-hydrogen) atoms. The van der Waals surface area contributed by atoms with Gasteiger partial charge in [-0.05, 0) is 65.1 Å². The Morgan fingerprint density at radius 2 is 1.70 bits per heavy atom. The van der Waals surface area contributed by atoms with E-state index in [0.717, 1.165) is 6.08 Å². The van der Waals surface area contributed by atoms with Crippen LogP contribution in [0, 0.1) is 5.82 Å². The molecule has 0 unspecified atom stereocenters. The number of nitrogens with zero attached hydrogens (tertiary/aromatic N) is 1. The predicted molar refractivity (Wildman–Crippen MR) is 123 cm³/mol. The van der Waals surface area contributed by atoms with Crippen LogP contribution in [-0.4, -0.2) is 66.8 Å². The van der Waals surface area contributed by atoms with E-state index in [9.17, 15) is 23.6 Å². The van der Waals surface area contributed by atoms with Crippen molar-refractivity contribution in [2.75, 3.05) is 20.6 Å². The third-order valence-electron chi connectivity index (χ3n) is 4.38. The standard InChI is InChI=1S/C24H34FN3O5/c1-7-18(29)12-13-19(23(32)33-24(2,3)4)27-22(31)20(26-21(30)15-28(5)6)14-16-8-10-17(25)11-9-16/h7-11,19-20H,1,12-15H2,2-6H3,(H,26,30)(H,27,31)/t19-,20-/m0/s1. The van der Waals surface area contributed by atoms with Gasteiger partial charge in [0.15, 0.2) is 5.78 Å². The highest BCUT2D eigenvalue weighted by Gasteiger charge is 2.30. The monoisotopic (exact) mass is 463 g/mol. The van der Waals surface area contributed by atoms with Crippen molar-refractivity contribution in [1.82, 2.24) is 15.5 Å². The number of hydrogen-bond acceptors (Lipinski definition) is 6. The second-order valence-electron chi connectivity index (χ2n) is 8.99. The van der Waals surface area contributed by atoms with Crippen molar-refractivity contribution in [2.45, 2.75) is 57.7 Å². The molecule has 0 aliphatic rings. The first-order valence-corrected chi connectivity index (χ1v) is 10.7. The van der Waals surface area contributed by atoms with E-state index in [0.29, 0.717) is 5.56 Å². The van der Waals surface area contributed by atoms with E-state index in [1.807, 2.05) is 0 Å². The molecule has 0 heterocycles. The van der Waals surface area contributed by atoms with Crippen LogP contribution in [0.5, 0.6) is 0 Å². The van der Waals surface area contributed by atoms with Gasteiger partial charge in [0, 0.05) is 12.8 Å².